The van der Waals surface area contributed by atoms with Crippen LogP contribution in [0.25, 0.3) is 11.0 Å². The maximum absolute atomic E-state index is 12.1. The number of aliphatic hydroxyl groups is 1. The van der Waals surface area contributed by atoms with Gasteiger partial charge in [-0.3, -0.25) is 0 Å². The molecule has 1 heterocycles. The minimum absolute atomic E-state index is 0.0591. The van der Waals surface area contributed by atoms with Crippen molar-refractivity contribution < 1.29 is 14.6 Å². The van der Waals surface area contributed by atoms with E-state index in [0.717, 1.165) is 11.0 Å². The predicted octanol–water partition coefficient (Wildman–Crippen LogP) is 1.66. The Balaban J connectivity index is 2.48. The maximum Gasteiger partial charge on any atom is 0.330 e. The topological polar surface area (TPSA) is 64.3 Å². The Morgan fingerprint density at radius 3 is 2.95 bits per heavy atom. The van der Waals surface area contributed by atoms with Crippen LogP contribution in [0.2, 0.25) is 0 Å². The smallest absolute Gasteiger partial charge is 0.330 e. The molecule has 0 aliphatic rings. The molecule has 0 spiro atoms. The molecular formula is C15H16N2O3. The Kier molecular flexibility index (Phi) is 4.38. The van der Waals surface area contributed by atoms with Crippen LogP contribution in [0.15, 0.2) is 24.3 Å². The van der Waals surface area contributed by atoms with Gasteiger partial charge < -0.3 is 14.4 Å². The first-order valence-electron chi connectivity index (χ1n) is 6.39. The second kappa shape index (κ2) is 6.22. The number of nitrogens with zero attached hydrogens (tertiary/aromatic N) is 2. The van der Waals surface area contributed by atoms with E-state index in [2.05, 4.69) is 10.9 Å². The first-order chi connectivity index (χ1) is 9.72. The van der Waals surface area contributed by atoms with E-state index in [1.165, 1.54) is 0 Å². The van der Waals surface area contributed by atoms with Crippen molar-refractivity contribution in [3.63, 3.8) is 0 Å². The molecule has 2 aromatic rings. The van der Waals surface area contributed by atoms with Crippen LogP contribution in [0.5, 0.6) is 0 Å². The Labute approximate surface area is 117 Å². The number of benzene rings is 1. The number of rotatable bonds is 5. The molecule has 1 aromatic carbocycles. The normalized spacial score (nSPS) is 12.1. The van der Waals surface area contributed by atoms with E-state index in [1.807, 2.05) is 31.2 Å². The lowest BCUT2D eigenvalue weighted by molar-refractivity contribution is -0.146. The number of imidazole rings is 1. The molecule has 0 radical (unpaired) electrons. The van der Waals surface area contributed by atoms with Crippen molar-refractivity contribution in [2.45, 2.75) is 26.0 Å². The molecule has 0 aliphatic carbocycles. The van der Waals surface area contributed by atoms with E-state index in [1.54, 1.807) is 4.57 Å². The molecule has 0 bridgehead atoms. The average Bonchev–Trinajstić information content (AvgIpc) is 2.85. The molecule has 104 valence electrons. The van der Waals surface area contributed by atoms with Crippen molar-refractivity contribution in [1.29, 1.82) is 0 Å². The van der Waals surface area contributed by atoms with Gasteiger partial charge in [-0.1, -0.05) is 25.0 Å². The molecule has 0 amide bonds. The fourth-order valence-electron chi connectivity index (χ4n) is 2.22. The van der Waals surface area contributed by atoms with Crippen LogP contribution < -0.4 is 0 Å². The Hall–Kier alpha value is -2.32. The molecule has 2 rings (SSSR count). The van der Waals surface area contributed by atoms with Crippen LogP contribution >= 0.6 is 0 Å². The second-order valence-electron chi connectivity index (χ2n) is 4.28. The highest BCUT2D eigenvalue weighted by atomic mass is 16.5. The quantitative estimate of drug-likeness (QED) is 0.664. The second-order valence-corrected chi connectivity index (χ2v) is 4.28. The molecule has 1 unspecified atom stereocenters. The summed E-state index contributed by atoms with van der Waals surface area (Å²) in [5, 5.41) is 9.45. The summed E-state index contributed by atoms with van der Waals surface area (Å²) in [6.07, 6.45) is 5.62. The van der Waals surface area contributed by atoms with E-state index in [-0.39, 0.29) is 13.2 Å². The zero-order valence-electron chi connectivity index (χ0n) is 11.2. The first kappa shape index (κ1) is 14.1. The highest BCUT2D eigenvalue weighted by Gasteiger charge is 2.24. The molecule has 0 saturated heterocycles. The first-order valence-corrected chi connectivity index (χ1v) is 6.39. The number of terminal acetylenes is 1. The van der Waals surface area contributed by atoms with Crippen molar-refractivity contribution in [2.75, 3.05) is 6.61 Å². The summed E-state index contributed by atoms with van der Waals surface area (Å²) in [5.74, 6) is 2.30. The van der Waals surface area contributed by atoms with Gasteiger partial charge in [0.25, 0.3) is 0 Å². The lowest BCUT2D eigenvalue weighted by Crippen LogP contribution is -2.23. The number of hydrogen-bond donors (Lipinski definition) is 1. The monoisotopic (exact) mass is 272 g/mol. The van der Waals surface area contributed by atoms with Crippen LogP contribution in [-0.2, 0) is 16.1 Å². The van der Waals surface area contributed by atoms with E-state index >= 15 is 0 Å². The van der Waals surface area contributed by atoms with Gasteiger partial charge in [0.05, 0.1) is 11.0 Å². The van der Waals surface area contributed by atoms with Gasteiger partial charge in [0.15, 0.2) is 6.61 Å². The highest BCUT2D eigenvalue weighted by Crippen LogP contribution is 2.24. The summed E-state index contributed by atoms with van der Waals surface area (Å²) in [6.45, 7) is 1.57. The van der Waals surface area contributed by atoms with Gasteiger partial charge in [-0.15, -0.1) is 6.42 Å². The molecular weight excluding hydrogens is 256 g/mol. The third-order valence-electron chi connectivity index (χ3n) is 3.08. The van der Waals surface area contributed by atoms with Crippen LogP contribution in [-0.4, -0.2) is 27.2 Å². The number of fused-ring (bicyclic) bond motifs is 1. The molecule has 20 heavy (non-hydrogen) atoms. The van der Waals surface area contributed by atoms with E-state index in [4.69, 9.17) is 11.2 Å². The summed E-state index contributed by atoms with van der Waals surface area (Å²) in [5.41, 5.74) is 1.53. The fraction of sp³-hybridized carbons (Fsp3) is 0.333. The van der Waals surface area contributed by atoms with Crippen LogP contribution in [0.1, 0.15) is 25.2 Å². The van der Waals surface area contributed by atoms with E-state index in [9.17, 15) is 9.90 Å². The number of carbonyl (C=O) groups excluding carboxylic acids is 1. The number of aromatic nitrogens is 2. The number of carbonyl (C=O) groups is 1. The Morgan fingerprint density at radius 2 is 2.30 bits per heavy atom. The van der Waals surface area contributed by atoms with Crippen LogP contribution in [0, 0.1) is 12.3 Å². The minimum atomic E-state index is -0.544. The molecule has 0 fully saturated rings. The number of aliphatic hydroxyl groups excluding tert-OH is 1. The Bertz CT molecular complexity index is 655. The third kappa shape index (κ3) is 2.51. The summed E-state index contributed by atoms with van der Waals surface area (Å²) >= 11 is 0. The van der Waals surface area contributed by atoms with Gasteiger partial charge in [-0.2, -0.15) is 0 Å². The summed E-state index contributed by atoms with van der Waals surface area (Å²) in [7, 11) is 0. The molecule has 1 N–H and O–H groups in total. The lowest BCUT2D eigenvalue weighted by atomic mass is 10.2. The largest absolute Gasteiger partial charge is 0.451 e. The number of esters is 1. The van der Waals surface area contributed by atoms with Gasteiger partial charge in [0, 0.05) is 0 Å². The van der Waals surface area contributed by atoms with Crippen LogP contribution in [0.4, 0.5) is 0 Å². The summed E-state index contributed by atoms with van der Waals surface area (Å²) < 4.78 is 6.73. The molecule has 0 aliphatic heterocycles. The zero-order valence-corrected chi connectivity index (χ0v) is 11.2. The fourth-order valence-corrected chi connectivity index (χ4v) is 2.22. The van der Waals surface area contributed by atoms with Crippen molar-refractivity contribution in [2.24, 2.45) is 0 Å². The lowest BCUT2D eigenvalue weighted by Gasteiger charge is -2.18. The van der Waals surface area contributed by atoms with Gasteiger partial charge in [0.1, 0.15) is 18.5 Å². The third-order valence-corrected chi connectivity index (χ3v) is 3.08. The zero-order chi connectivity index (χ0) is 14.5. The summed E-state index contributed by atoms with van der Waals surface area (Å²) in [4.78, 5) is 16.4. The van der Waals surface area contributed by atoms with E-state index < -0.39 is 12.0 Å². The van der Waals surface area contributed by atoms with Gasteiger partial charge in [0.2, 0.25) is 0 Å². The van der Waals surface area contributed by atoms with Gasteiger partial charge >= 0.3 is 5.97 Å². The standard InChI is InChI=1S/C15H16N2O3/c1-3-9-20-15(19)12(4-2)17-13-8-6-5-7-11(13)16-14(17)10-18/h1,5-8,12,18H,4,9-10H2,2H3. The predicted molar refractivity (Wildman–Crippen MR) is 74.8 cm³/mol. The number of ether oxygens (including phenoxy) is 1. The average molecular weight is 272 g/mol. The Morgan fingerprint density at radius 1 is 1.55 bits per heavy atom. The molecule has 5 heteroatoms. The van der Waals surface area contributed by atoms with E-state index in [0.29, 0.717) is 12.2 Å². The van der Waals surface area contributed by atoms with Crippen molar-refractivity contribution in [3.8, 4) is 12.3 Å². The maximum atomic E-state index is 12.1. The van der Waals surface area contributed by atoms with Gasteiger partial charge in [-0.25, -0.2) is 9.78 Å². The SMILES string of the molecule is C#CCOC(=O)C(CC)n1c(CO)nc2ccccc21. The van der Waals surface area contributed by atoms with Gasteiger partial charge in [-0.05, 0) is 18.6 Å². The molecule has 0 saturated carbocycles. The molecule has 5 nitrogen and oxygen atoms in total. The summed E-state index contributed by atoms with van der Waals surface area (Å²) in [6, 6.07) is 6.88. The highest BCUT2D eigenvalue weighted by molar-refractivity contribution is 5.81. The number of hydrogen-bond acceptors (Lipinski definition) is 4. The molecule has 1 atom stereocenters. The van der Waals surface area contributed by atoms with Crippen molar-refractivity contribution >= 4 is 17.0 Å². The minimum Gasteiger partial charge on any atom is -0.451 e. The van der Waals surface area contributed by atoms with Crippen molar-refractivity contribution in [3.05, 3.63) is 30.1 Å². The number of para-hydroxylation sites is 2. The van der Waals surface area contributed by atoms with Crippen molar-refractivity contribution in [1.82, 2.24) is 9.55 Å². The van der Waals surface area contributed by atoms with Crippen LogP contribution in [0.3, 0.4) is 0 Å². The molecule has 1 aromatic heterocycles.